The fraction of sp³-hybridized carbons (Fsp3) is 0.455. The van der Waals surface area contributed by atoms with E-state index in [9.17, 15) is 9.50 Å². The maximum Gasteiger partial charge on any atom is 0.231 e. The highest BCUT2D eigenvalue weighted by Gasteiger charge is 2.19. The Morgan fingerprint density at radius 2 is 1.68 bits per heavy atom. The second-order valence-corrected chi connectivity index (χ2v) is 8.06. The normalized spacial score (nSPS) is 14.5. The van der Waals surface area contributed by atoms with E-state index in [0.717, 1.165) is 22.6 Å². The monoisotopic (exact) mass is 389 g/mol. The van der Waals surface area contributed by atoms with Gasteiger partial charge in [-0.15, -0.1) is 0 Å². The van der Waals surface area contributed by atoms with Crippen molar-refractivity contribution in [3.8, 4) is 11.5 Å². The highest BCUT2D eigenvalue weighted by Crippen LogP contribution is 2.33. The van der Waals surface area contributed by atoms with Crippen molar-refractivity contribution in [2.45, 2.75) is 45.6 Å². The molecule has 0 saturated carbocycles. The van der Waals surface area contributed by atoms with Crippen molar-refractivity contribution in [1.82, 2.24) is 4.90 Å². The van der Waals surface area contributed by atoms with E-state index in [1.54, 1.807) is 12.1 Å². The van der Waals surface area contributed by atoms with Gasteiger partial charge in [0.05, 0.1) is 18.3 Å². The van der Waals surface area contributed by atoms with Crippen LogP contribution in [0.5, 0.6) is 11.5 Å². The summed E-state index contributed by atoms with van der Waals surface area (Å²) >= 11 is 0. The molecule has 1 unspecified atom stereocenters. The molecule has 0 aliphatic carbocycles. The molecule has 1 N–H and O–H groups in total. The van der Waals surface area contributed by atoms with Crippen LogP contribution in [-0.4, -0.2) is 41.7 Å². The number of hydrogen-bond donors (Lipinski definition) is 1. The molecular weight excluding hydrogens is 361 g/mol. The molecule has 3 rings (SSSR count). The van der Waals surface area contributed by atoms with Crippen LogP contribution in [0, 0.1) is 5.82 Å². The second kappa shape index (κ2) is 8.90. The van der Waals surface area contributed by atoms with Crippen LogP contribution < -0.4 is 9.47 Å². The fourth-order valence-corrected chi connectivity index (χ4v) is 3.03. The van der Waals surface area contributed by atoms with Gasteiger partial charge in [-0.25, -0.2) is 4.39 Å². The minimum Gasteiger partial charge on any atom is -0.454 e. The van der Waals surface area contributed by atoms with Gasteiger partial charge in [0.1, 0.15) is 5.82 Å². The van der Waals surface area contributed by atoms with Crippen LogP contribution >= 0.6 is 0 Å². The second-order valence-electron chi connectivity index (χ2n) is 8.06. The van der Waals surface area contributed by atoms with Crippen LogP contribution in [-0.2, 0) is 17.8 Å². The maximum atomic E-state index is 13.2. The van der Waals surface area contributed by atoms with Crippen LogP contribution in [0.4, 0.5) is 4.39 Å². The third kappa shape index (κ3) is 6.19. The third-order valence-corrected chi connectivity index (χ3v) is 4.34. The first kappa shape index (κ1) is 20.6. The fourth-order valence-electron chi connectivity index (χ4n) is 3.03. The lowest BCUT2D eigenvalue weighted by molar-refractivity contribution is -0.0572. The summed E-state index contributed by atoms with van der Waals surface area (Å²) in [5, 5.41) is 10.5. The van der Waals surface area contributed by atoms with Crippen LogP contribution in [0.2, 0.25) is 0 Å². The summed E-state index contributed by atoms with van der Waals surface area (Å²) in [7, 11) is 0. The van der Waals surface area contributed by atoms with Gasteiger partial charge in [0, 0.05) is 19.6 Å². The Bertz CT molecular complexity index is 773. The van der Waals surface area contributed by atoms with Crippen molar-refractivity contribution in [1.29, 1.82) is 0 Å². The van der Waals surface area contributed by atoms with Crippen LogP contribution in [0.15, 0.2) is 42.5 Å². The Kier molecular flexibility index (Phi) is 6.54. The standard InChI is InChI=1S/C22H28FNO4/c1-22(2,3)28-14-19(25)13-24(11-16-4-7-18(23)8-5-16)12-17-6-9-20-21(10-17)27-15-26-20/h4-10,19,25H,11-15H2,1-3H3. The average molecular weight is 389 g/mol. The number of rotatable bonds is 8. The van der Waals surface area contributed by atoms with Crippen molar-refractivity contribution < 1.29 is 23.7 Å². The van der Waals surface area contributed by atoms with E-state index < -0.39 is 6.10 Å². The highest BCUT2D eigenvalue weighted by atomic mass is 19.1. The van der Waals surface area contributed by atoms with Gasteiger partial charge in [-0.05, 0) is 56.2 Å². The van der Waals surface area contributed by atoms with Crippen LogP contribution in [0.25, 0.3) is 0 Å². The molecule has 152 valence electrons. The average Bonchev–Trinajstić information content (AvgIpc) is 3.09. The minimum atomic E-state index is -0.631. The molecule has 1 aliphatic heterocycles. The first-order valence-electron chi connectivity index (χ1n) is 9.46. The zero-order valence-corrected chi connectivity index (χ0v) is 16.7. The van der Waals surface area contributed by atoms with E-state index in [-0.39, 0.29) is 24.8 Å². The largest absolute Gasteiger partial charge is 0.454 e. The molecule has 0 aromatic heterocycles. The summed E-state index contributed by atoms with van der Waals surface area (Å²) in [4.78, 5) is 2.11. The zero-order valence-electron chi connectivity index (χ0n) is 16.7. The summed E-state index contributed by atoms with van der Waals surface area (Å²) < 4.78 is 29.8. The Balaban J connectivity index is 1.69. The summed E-state index contributed by atoms with van der Waals surface area (Å²) in [6, 6.07) is 12.3. The lowest BCUT2D eigenvalue weighted by atomic mass is 10.1. The number of aliphatic hydroxyl groups is 1. The molecule has 28 heavy (non-hydrogen) atoms. The number of hydrogen-bond acceptors (Lipinski definition) is 5. The zero-order chi connectivity index (χ0) is 20.1. The molecule has 1 heterocycles. The number of fused-ring (bicyclic) bond motifs is 1. The van der Waals surface area contributed by atoms with Gasteiger partial charge in [0.2, 0.25) is 6.79 Å². The molecule has 0 amide bonds. The molecule has 5 nitrogen and oxygen atoms in total. The lowest BCUT2D eigenvalue weighted by Crippen LogP contribution is -2.36. The van der Waals surface area contributed by atoms with Crippen molar-refractivity contribution >= 4 is 0 Å². The lowest BCUT2D eigenvalue weighted by Gasteiger charge is -2.27. The summed E-state index contributed by atoms with van der Waals surface area (Å²) in [5.74, 6) is 1.22. The third-order valence-electron chi connectivity index (χ3n) is 4.34. The molecule has 0 radical (unpaired) electrons. The molecule has 0 saturated heterocycles. The summed E-state index contributed by atoms with van der Waals surface area (Å²) in [5.41, 5.74) is 1.72. The molecule has 0 bridgehead atoms. The quantitative estimate of drug-likeness (QED) is 0.746. The van der Waals surface area contributed by atoms with Gasteiger partial charge in [0.25, 0.3) is 0 Å². The van der Waals surface area contributed by atoms with Gasteiger partial charge in [-0.3, -0.25) is 4.90 Å². The molecule has 6 heteroatoms. The highest BCUT2D eigenvalue weighted by molar-refractivity contribution is 5.44. The van der Waals surface area contributed by atoms with Gasteiger partial charge in [-0.2, -0.15) is 0 Å². The van der Waals surface area contributed by atoms with Crippen molar-refractivity contribution in [3.05, 3.63) is 59.4 Å². The smallest absolute Gasteiger partial charge is 0.231 e. The predicted octanol–water partition coefficient (Wildman–Crippen LogP) is 3.73. The molecular formula is C22H28FNO4. The number of halogens is 1. The van der Waals surface area contributed by atoms with E-state index >= 15 is 0 Å². The van der Waals surface area contributed by atoms with Gasteiger partial charge in [-0.1, -0.05) is 18.2 Å². The number of nitrogens with zero attached hydrogens (tertiary/aromatic N) is 1. The van der Waals surface area contributed by atoms with Gasteiger partial charge < -0.3 is 19.3 Å². The molecule has 0 fully saturated rings. The summed E-state index contributed by atoms with van der Waals surface area (Å²) in [6.07, 6.45) is -0.631. The van der Waals surface area contributed by atoms with Crippen LogP contribution in [0.3, 0.4) is 0 Å². The van der Waals surface area contributed by atoms with Crippen LogP contribution in [0.1, 0.15) is 31.9 Å². The van der Waals surface area contributed by atoms with Gasteiger partial charge in [0.15, 0.2) is 11.5 Å². The van der Waals surface area contributed by atoms with Crippen molar-refractivity contribution in [2.24, 2.45) is 0 Å². The van der Waals surface area contributed by atoms with E-state index in [1.807, 2.05) is 39.0 Å². The number of ether oxygens (including phenoxy) is 3. The SMILES string of the molecule is CC(C)(C)OCC(O)CN(Cc1ccc(F)cc1)Cc1ccc2c(c1)OCO2. The van der Waals surface area contributed by atoms with E-state index in [4.69, 9.17) is 14.2 Å². The Morgan fingerprint density at radius 3 is 2.39 bits per heavy atom. The van der Waals surface area contributed by atoms with Crippen molar-refractivity contribution in [3.63, 3.8) is 0 Å². The maximum absolute atomic E-state index is 13.2. The number of benzene rings is 2. The van der Waals surface area contributed by atoms with E-state index in [0.29, 0.717) is 19.6 Å². The van der Waals surface area contributed by atoms with E-state index in [2.05, 4.69) is 4.90 Å². The predicted molar refractivity (Wildman–Crippen MR) is 105 cm³/mol. The molecule has 1 atom stereocenters. The Hall–Kier alpha value is -2.15. The Morgan fingerprint density at radius 1 is 1.04 bits per heavy atom. The van der Waals surface area contributed by atoms with E-state index in [1.165, 1.54) is 12.1 Å². The minimum absolute atomic E-state index is 0.237. The first-order valence-corrected chi connectivity index (χ1v) is 9.46. The molecule has 2 aromatic carbocycles. The topological polar surface area (TPSA) is 51.2 Å². The Labute approximate surface area is 165 Å². The van der Waals surface area contributed by atoms with Crippen molar-refractivity contribution in [2.75, 3.05) is 19.9 Å². The molecule has 1 aliphatic rings. The molecule has 0 spiro atoms. The first-order chi connectivity index (χ1) is 13.3. The molecule has 2 aromatic rings. The van der Waals surface area contributed by atoms with Gasteiger partial charge >= 0.3 is 0 Å². The number of aliphatic hydroxyl groups excluding tert-OH is 1. The summed E-state index contributed by atoms with van der Waals surface area (Å²) in [6.45, 7) is 8.00.